The summed E-state index contributed by atoms with van der Waals surface area (Å²) < 4.78 is 33.5. The van der Waals surface area contributed by atoms with Gasteiger partial charge in [0.1, 0.15) is 0 Å². The molecule has 6 heteroatoms. The lowest BCUT2D eigenvalue weighted by Gasteiger charge is -2.11. The first-order valence-corrected chi connectivity index (χ1v) is 11.9. The van der Waals surface area contributed by atoms with E-state index in [2.05, 4.69) is 36.0 Å². The number of hydrogen-bond acceptors (Lipinski definition) is 4. The van der Waals surface area contributed by atoms with E-state index in [0.717, 1.165) is 49.5 Å². The van der Waals surface area contributed by atoms with Crippen LogP contribution in [-0.2, 0) is 4.74 Å². The molecule has 3 rings (SSSR count). The molecule has 1 aromatic heterocycles. The Bertz CT molecular complexity index is 1070. The lowest BCUT2D eigenvalue weighted by molar-refractivity contribution is 0.0566. The fraction of sp³-hybridized carbons (Fsp3) is 0.357. The first-order valence-electron chi connectivity index (χ1n) is 11.9. The van der Waals surface area contributed by atoms with E-state index in [9.17, 15) is 13.9 Å². The summed E-state index contributed by atoms with van der Waals surface area (Å²) in [6, 6.07) is 10.3. The van der Waals surface area contributed by atoms with E-state index in [4.69, 9.17) is 4.74 Å². The highest BCUT2D eigenvalue weighted by Gasteiger charge is 2.15. The van der Waals surface area contributed by atoms with Crippen molar-refractivity contribution in [2.75, 3.05) is 6.61 Å². The second-order valence-electron chi connectivity index (χ2n) is 8.40. The molecule has 0 spiro atoms. The van der Waals surface area contributed by atoms with E-state index >= 15 is 0 Å². The number of rotatable bonds is 12. The van der Waals surface area contributed by atoms with Crippen LogP contribution in [0.2, 0.25) is 0 Å². The van der Waals surface area contributed by atoms with Gasteiger partial charge in [-0.1, -0.05) is 56.2 Å². The fourth-order valence-corrected chi connectivity index (χ4v) is 3.58. The summed E-state index contributed by atoms with van der Waals surface area (Å²) >= 11 is 0. The first kappa shape index (κ1) is 25.5. The van der Waals surface area contributed by atoms with Crippen LogP contribution in [0.25, 0.3) is 28.6 Å². The highest BCUT2D eigenvalue weighted by Crippen LogP contribution is 2.29. The number of hydrogen-bond donors (Lipinski definition) is 1. The standard InChI is InChI=1S/C28H32F2N2O2/c1-3-4-8-17-34-20(2)9-6-5-7-10-21-11-13-22(14-12-21)28-31-18-23(19-32-28)24-15-16-25(33)27(30)26(24)29/h7,10-16,18-20,33H,3-6,8-9,17H2,1-2H3/b10-7+. The topological polar surface area (TPSA) is 55.2 Å². The number of allylic oxidation sites excluding steroid dienone is 1. The summed E-state index contributed by atoms with van der Waals surface area (Å²) in [6.07, 6.45) is 14.2. The van der Waals surface area contributed by atoms with E-state index in [-0.39, 0.29) is 5.56 Å². The van der Waals surface area contributed by atoms with Gasteiger partial charge < -0.3 is 9.84 Å². The number of aromatic hydroxyl groups is 1. The van der Waals surface area contributed by atoms with Crippen LogP contribution in [0.15, 0.2) is 54.9 Å². The maximum Gasteiger partial charge on any atom is 0.200 e. The minimum atomic E-state index is -1.28. The second kappa shape index (κ2) is 12.9. The minimum Gasteiger partial charge on any atom is -0.505 e. The van der Waals surface area contributed by atoms with Crippen molar-refractivity contribution in [2.24, 2.45) is 0 Å². The van der Waals surface area contributed by atoms with Crippen molar-refractivity contribution in [1.29, 1.82) is 0 Å². The van der Waals surface area contributed by atoms with Crippen LogP contribution in [0.4, 0.5) is 8.78 Å². The average molecular weight is 467 g/mol. The molecule has 0 amide bonds. The summed E-state index contributed by atoms with van der Waals surface area (Å²) in [6.45, 7) is 5.19. The Hall–Kier alpha value is -3.12. The molecule has 1 atom stereocenters. The van der Waals surface area contributed by atoms with Crippen molar-refractivity contribution in [3.63, 3.8) is 0 Å². The summed E-state index contributed by atoms with van der Waals surface area (Å²) in [5.74, 6) is -2.64. The smallest absolute Gasteiger partial charge is 0.200 e. The molecule has 34 heavy (non-hydrogen) atoms. The number of unbranched alkanes of at least 4 members (excludes halogenated alkanes) is 3. The van der Waals surface area contributed by atoms with Crippen molar-refractivity contribution in [1.82, 2.24) is 9.97 Å². The van der Waals surface area contributed by atoms with Crippen LogP contribution in [0.5, 0.6) is 5.75 Å². The van der Waals surface area contributed by atoms with Gasteiger partial charge in [0.05, 0.1) is 6.10 Å². The van der Waals surface area contributed by atoms with Gasteiger partial charge in [-0.3, -0.25) is 0 Å². The van der Waals surface area contributed by atoms with Crippen LogP contribution >= 0.6 is 0 Å². The Labute approximate surface area is 200 Å². The van der Waals surface area contributed by atoms with Crippen molar-refractivity contribution < 1.29 is 18.6 Å². The SMILES string of the molecule is CCCCCOC(C)CCC/C=C/c1ccc(-c2ncc(-c3ccc(O)c(F)c3F)cn2)cc1. The van der Waals surface area contributed by atoms with Crippen LogP contribution in [0.1, 0.15) is 57.9 Å². The molecule has 0 radical (unpaired) electrons. The van der Waals surface area contributed by atoms with Gasteiger partial charge in [0, 0.05) is 35.7 Å². The van der Waals surface area contributed by atoms with Crippen LogP contribution in [0.3, 0.4) is 0 Å². The molecule has 3 aromatic rings. The zero-order valence-electron chi connectivity index (χ0n) is 19.8. The lowest BCUT2D eigenvalue weighted by atomic mass is 10.1. The molecule has 0 aliphatic carbocycles. The van der Waals surface area contributed by atoms with Crippen molar-refractivity contribution in [3.05, 3.63) is 72.1 Å². The Morgan fingerprint density at radius 3 is 2.38 bits per heavy atom. The zero-order chi connectivity index (χ0) is 24.3. The third-order valence-electron chi connectivity index (χ3n) is 5.64. The van der Waals surface area contributed by atoms with E-state index < -0.39 is 17.4 Å². The summed E-state index contributed by atoms with van der Waals surface area (Å²) in [7, 11) is 0. The molecule has 1 unspecified atom stereocenters. The second-order valence-corrected chi connectivity index (χ2v) is 8.40. The lowest BCUT2D eigenvalue weighted by Crippen LogP contribution is -2.08. The first-order chi connectivity index (χ1) is 16.5. The number of phenolic OH excluding ortho intramolecular Hbond substituents is 1. The van der Waals surface area contributed by atoms with E-state index in [1.807, 2.05) is 24.3 Å². The van der Waals surface area contributed by atoms with Gasteiger partial charge in [-0.15, -0.1) is 0 Å². The van der Waals surface area contributed by atoms with Crippen LogP contribution < -0.4 is 0 Å². The summed E-state index contributed by atoms with van der Waals surface area (Å²) in [5, 5.41) is 9.28. The molecule has 0 aliphatic heterocycles. The van der Waals surface area contributed by atoms with Gasteiger partial charge in [-0.05, 0) is 50.3 Å². The molecule has 0 saturated heterocycles. The Morgan fingerprint density at radius 1 is 0.941 bits per heavy atom. The van der Waals surface area contributed by atoms with Gasteiger partial charge >= 0.3 is 0 Å². The number of benzene rings is 2. The predicted octanol–water partition coefficient (Wildman–Crippen LogP) is 7.57. The highest BCUT2D eigenvalue weighted by atomic mass is 19.2. The molecule has 4 nitrogen and oxygen atoms in total. The quantitative estimate of drug-likeness (QED) is 0.280. The predicted molar refractivity (Wildman–Crippen MR) is 132 cm³/mol. The maximum absolute atomic E-state index is 14.1. The fourth-order valence-electron chi connectivity index (χ4n) is 3.58. The van der Waals surface area contributed by atoms with Crippen molar-refractivity contribution in [2.45, 2.75) is 58.5 Å². The summed E-state index contributed by atoms with van der Waals surface area (Å²) in [5.41, 5.74) is 2.25. The molecule has 0 aliphatic rings. The maximum atomic E-state index is 14.1. The van der Waals surface area contributed by atoms with Crippen molar-refractivity contribution in [3.8, 4) is 28.3 Å². The Kier molecular flexibility index (Phi) is 9.71. The van der Waals surface area contributed by atoms with Gasteiger partial charge in [-0.2, -0.15) is 4.39 Å². The average Bonchev–Trinajstić information content (AvgIpc) is 2.86. The molecule has 0 fully saturated rings. The number of aromatic nitrogens is 2. The van der Waals surface area contributed by atoms with E-state index in [1.54, 1.807) is 0 Å². The Morgan fingerprint density at radius 2 is 1.68 bits per heavy atom. The van der Waals surface area contributed by atoms with Gasteiger partial charge in [0.15, 0.2) is 17.4 Å². The normalized spacial score (nSPS) is 12.4. The number of phenols is 1. The molecule has 0 bridgehead atoms. The molecular formula is C28H32F2N2O2. The number of halogens is 2. The van der Waals surface area contributed by atoms with E-state index in [0.29, 0.717) is 17.5 Å². The largest absolute Gasteiger partial charge is 0.505 e. The zero-order valence-corrected chi connectivity index (χ0v) is 19.8. The molecule has 1 heterocycles. The number of nitrogens with zero attached hydrogens (tertiary/aromatic N) is 2. The van der Waals surface area contributed by atoms with Gasteiger partial charge in [0.25, 0.3) is 0 Å². The van der Waals surface area contributed by atoms with E-state index in [1.165, 1.54) is 31.3 Å². The van der Waals surface area contributed by atoms with Gasteiger partial charge in [-0.25, -0.2) is 14.4 Å². The monoisotopic (exact) mass is 466 g/mol. The minimum absolute atomic E-state index is 0.000200. The molecule has 1 N–H and O–H groups in total. The molecular weight excluding hydrogens is 434 g/mol. The Balaban J connectivity index is 1.50. The third kappa shape index (κ3) is 7.19. The molecule has 180 valence electrons. The van der Waals surface area contributed by atoms with Crippen LogP contribution in [0, 0.1) is 11.6 Å². The summed E-state index contributed by atoms with van der Waals surface area (Å²) in [4.78, 5) is 8.58. The molecule has 0 saturated carbocycles. The highest BCUT2D eigenvalue weighted by molar-refractivity contribution is 5.66. The number of ether oxygens (including phenoxy) is 1. The molecule has 2 aromatic carbocycles. The van der Waals surface area contributed by atoms with Crippen molar-refractivity contribution >= 4 is 6.08 Å². The van der Waals surface area contributed by atoms with Gasteiger partial charge in [0.2, 0.25) is 5.82 Å². The third-order valence-corrected chi connectivity index (χ3v) is 5.64. The van der Waals surface area contributed by atoms with Crippen LogP contribution in [-0.4, -0.2) is 27.8 Å².